The van der Waals surface area contributed by atoms with Gasteiger partial charge in [-0.25, -0.2) is 0 Å². The molecule has 9 rings (SSSR count). The molecule has 0 radical (unpaired) electrons. The zero-order chi connectivity index (χ0) is 48.1. The number of rotatable bonds is 14. The maximum atomic E-state index is 7.48. The predicted molar refractivity (Wildman–Crippen MR) is 294 cm³/mol. The Labute approximate surface area is 409 Å². The lowest BCUT2D eigenvalue weighted by molar-refractivity contribution is 0.473. The molecule has 1 aliphatic carbocycles. The Morgan fingerprint density at radius 2 is 1.16 bits per heavy atom. The van der Waals surface area contributed by atoms with Crippen LogP contribution in [0.2, 0.25) is 0 Å². The summed E-state index contributed by atoms with van der Waals surface area (Å²) in [6.45, 7) is 13.6. The van der Waals surface area contributed by atoms with Crippen molar-refractivity contribution < 1.29 is 0 Å². The van der Waals surface area contributed by atoms with Gasteiger partial charge in [0, 0.05) is 62.9 Å². The SMILES string of the molecule is C/C=C\C=C(C)C.CCc1c2c(-c3ccc(N(c4ccccc4)c4ccccc4)cc3)c(N=Nc3ccccc3)c(N)c(-c3ccc(N(C4=CCCC=C4)c4ccccc4)cc3)c2nn1CC(C)C. The highest BCUT2D eigenvalue weighted by molar-refractivity contribution is 6.15. The van der Waals surface area contributed by atoms with Gasteiger partial charge in [-0.05, 0) is 136 Å². The van der Waals surface area contributed by atoms with E-state index in [0.29, 0.717) is 17.3 Å². The van der Waals surface area contributed by atoms with Gasteiger partial charge in [-0.2, -0.15) is 10.2 Å². The zero-order valence-electron chi connectivity index (χ0n) is 40.8. The third-order valence-corrected chi connectivity index (χ3v) is 11.9. The maximum absolute atomic E-state index is 7.48. The molecule has 1 aromatic heterocycles. The normalized spacial score (nSPS) is 12.3. The Morgan fingerprint density at radius 1 is 0.652 bits per heavy atom. The van der Waals surface area contributed by atoms with Gasteiger partial charge in [-0.3, -0.25) is 4.68 Å². The van der Waals surface area contributed by atoms with E-state index in [1.807, 2.05) is 61.5 Å². The number of anilines is 6. The molecule has 0 aliphatic heterocycles. The average Bonchev–Trinajstić information content (AvgIpc) is 3.73. The summed E-state index contributed by atoms with van der Waals surface area (Å²) in [7, 11) is 0. The molecule has 7 heteroatoms. The van der Waals surface area contributed by atoms with Gasteiger partial charge >= 0.3 is 0 Å². The predicted octanol–water partition coefficient (Wildman–Crippen LogP) is 18.0. The van der Waals surface area contributed by atoms with Gasteiger partial charge in [0.25, 0.3) is 0 Å². The summed E-state index contributed by atoms with van der Waals surface area (Å²) in [6, 6.07) is 58.8. The topological polar surface area (TPSA) is 75.0 Å². The molecule has 0 atom stereocenters. The number of benzene rings is 7. The van der Waals surface area contributed by atoms with Crippen LogP contribution < -0.4 is 15.5 Å². The fourth-order valence-corrected chi connectivity index (χ4v) is 8.80. The Balaban J connectivity index is 0.000000853. The monoisotopic (exact) mass is 906 g/mol. The van der Waals surface area contributed by atoms with Crippen LogP contribution in [0, 0.1) is 5.92 Å². The number of hydrogen-bond donors (Lipinski definition) is 1. The first kappa shape index (κ1) is 47.5. The quantitative estimate of drug-likeness (QED) is 0.0670. The minimum atomic E-state index is 0.378. The number of fused-ring (bicyclic) bond motifs is 1. The van der Waals surface area contributed by atoms with Crippen LogP contribution in [0.4, 0.5) is 45.5 Å². The molecule has 2 N–H and O–H groups in total. The first-order valence-corrected chi connectivity index (χ1v) is 24.2. The van der Waals surface area contributed by atoms with Crippen molar-refractivity contribution in [3.05, 3.63) is 223 Å². The van der Waals surface area contributed by atoms with Gasteiger partial charge in [0.2, 0.25) is 0 Å². The molecule has 0 saturated carbocycles. The summed E-state index contributed by atoms with van der Waals surface area (Å²) >= 11 is 0. The van der Waals surface area contributed by atoms with Crippen molar-refractivity contribution in [2.24, 2.45) is 16.1 Å². The van der Waals surface area contributed by atoms with E-state index >= 15 is 0 Å². The van der Waals surface area contributed by atoms with Gasteiger partial charge in [0.1, 0.15) is 11.2 Å². The fourth-order valence-electron chi connectivity index (χ4n) is 8.80. The second-order valence-corrected chi connectivity index (χ2v) is 17.8. The molecule has 1 heterocycles. The second-order valence-electron chi connectivity index (χ2n) is 17.8. The van der Waals surface area contributed by atoms with Gasteiger partial charge in [-0.1, -0.05) is 154 Å². The summed E-state index contributed by atoms with van der Waals surface area (Å²) in [4.78, 5) is 4.59. The van der Waals surface area contributed by atoms with Crippen LogP contribution in [0.15, 0.2) is 228 Å². The molecule has 0 saturated heterocycles. The molecule has 7 nitrogen and oxygen atoms in total. The Bertz CT molecular complexity index is 3050. The van der Waals surface area contributed by atoms with Crippen LogP contribution in [0.1, 0.15) is 60.1 Å². The first-order valence-electron chi connectivity index (χ1n) is 24.2. The molecule has 8 aromatic rings. The number of aromatic nitrogens is 2. The number of nitrogen functional groups attached to an aromatic ring is 1. The Kier molecular flexibility index (Phi) is 15.6. The number of allylic oxidation sites excluding steroid dienone is 7. The van der Waals surface area contributed by atoms with E-state index in [4.69, 9.17) is 21.1 Å². The van der Waals surface area contributed by atoms with Crippen LogP contribution in [-0.4, -0.2) is 9.78 Å². The van der Waals surface area contributed by atoms with Crippen molar-refractivity contribution in [2.75, 3.05) is 15.5 Å². The summed E-state index contributed by atoms with van der Waals surface area (Å²) in [5, 5.41) is 16.4. The second kappa shape index (κ2) is 22.6. The lowest BCUT2D eigenvalue weighted by Gasteiger charge is -2.28. The first-order chi connectivity index (χ1) is 33.7. The Morgan fingerprint density at radius 3 is 1.64 bits per heavy atom. The Hall–Kier alpha value is -8.03. The maximum Gasteiger partial charge on any atom is 0.118 e. The summed E-state index contributed by atoms with van der Waals surface area (Å²) in [6.07, 6.45) is 15.8. The van der Waals surface area contributed by atoms with E-state index in [9.17, 15) is 0 Å². The van der Waals surface area contributed by atoms with Gasteiger partial charge in [-0.15, -0.1) is 5.11 Å². The van der Waals surface area contributed by atoms with E-state index in [0.717, 1.165) is 104 Å². The standard InChI is InChI=1S/C55H51N7.C7H12/c1-4-49-52-50(40-30-34-47(35-31-40)61(43-22-12-6-13-23-43)44-24-14-7-15-25-44)55(58-57-42-20-10-5-11-21-42)53(56)51(54(52)59-60(49)38-39(2)3)41-32-36-48(37-33-41)62(45-26-16-8-17-27-45)46-28-18-9-19-29-46;1-4-5-6-7(2)3/h5-8,10-18,20-37,39H,4,9,19,38,56H2,1-3H3;4-6H,1-3H3/b;5-4-. The largest absolute Gasteiger partial charge is 0.396 e. The molecule has 0 unspecified atom stereocenters. The van der Waals surface area contributed by atoms with E-state index in [-0.39, 0.29) is 0 Å². The van der Waals surface area contributed by atoms with Crippen molar-refractivity contribution in [1.82, 2.24) is 9.78 Å². The lowest BCUT2D eigenvalue weighted by atomic mass is 9.90. The van der Waals surface area contributed by atoms with Crippen LogP contribution in [-0.2, 0) is 13.0 Å². The van der Waals surface area contributed by atoms with E-state index in [2.05, 4.69) is 201 Å². The molecule has 1 aliphatic rings. The fraction of sp³-hybridized carbons (Fsp3) is 0.177. The molecular formula is C62H63N7. The number of aryl methyl sites for hydroxylation is 1. The number of hydrogen-bond acceptors (Lipinski definition) is 6. The van der Waals surface area contributed by atoms with Gasteiger partial charge in [0.05, 0.1) is 11.4 Å². The molecule has 0 fully saturated rings. The van der Waals surface area contributed by atoms with E-state index < -0.39 is 0 Å². The molecule has 7 aromatic carbocycles. The number of para-hydroxylation sites is 3. The smallest absolute Gasteiger partial charge is 0.118 e. The highest BCUT2D eigenvalue weighted by Gasteiger charge is 2.27. The molecule has 0 amide bonds. The molecule has 346 valence electrons. The van der Waals surface area contributed by atoms with Crippen molar-refractivity contribution in [3.8, 4) is 22.3 Å². The highest BCUT2D eigenvalue weighted by Crippen LogP contribution is 2.50. The summed E-state index contributed by atoms with van der Waals surface area (Å²) in [5.41, 5.74) is 23.0. The van der Waals surface area contributed by atoms with Crippen LogP contribution in [0.25, 0.3) is 33.2 Å². The minimum absolute atomic E-state index is 0.378. The zero-order valence-corrected chi connectivity index (χ0v) is 40.8. The highest BCUT2D eigenvalue weighted by atomic mass is 15.3. The minimum Gasteiger partial charge on any atom is -0.396 e. The number of nitrogens with zero attached hydrogens (tertiary/aromatic N) is 6. The molecular weight excluding hydrogens is 843 g/mol. The van der Waals surface area contributed by atoms with Crippen molar-refractivity contribution in [2.45, 2.75) is 67.3 Å². The van der Waals surface area contributed by atoms with E-state index in [1.54, 1.807) is 0 Å². The van der Waals surface area contributed by atoms with Crippen molar-refractivity contribution >= 4 is 56.4 Å². The lowest BCUT2D eigenvalue weighted by Crippen LogP contribution is -2.16. The number of nitrogens with two attached hydrogens (primary N) is 1. The summed E-state index contributed by atoms with van der Waals surface area (Å²) < 4.78 is 2.19. The van der Waals surface area contributed by atoms with Gasteiger partial charge < -0.3 is 15.5 Å². The molecule has 0 spiro atoms. The van der Waals surface area contributed by atoms with E-state index in [1.165, 1.54) is 5.57 Å². The molecule has 0 bridgehead atoms. The molecule has 69 heavy (non-hydrogen) atoms. The number of azo groups is 1. The van der Waals surface area contributed by atoms with Crippen LogP contribution in [0.5, 0.6) is 0 Å². The van der Waals surface area contributed by atoms with Crippen molar-refractivity contribution in [3.63, 3.8) is 0 Å². The third-order valence-electron chi connectivity index (χ3n) is 11.9. The summed E-state index contributed by atoms with van der Waals surface area (Å²) in [5.74, 6) is 0.378. The third kappa shape index (κ3) is 11.1. The van der Waals surface area contributed by atoms with Crippen LogP contribution in [0.3, 0.4) is 0 Å². The van der Waals surface area contributed by atoms with Crippen molar-refractivity contribution in [1.29, 1.82) is 0 Å². The average molecular weight is 906 g/mol. The van der Waals surface area contributed by atoms with Gasteiger partial charge in [0.15, 0.2) is 0 Å². The van der Waals surface area contributed by atoms with Crippen LogP contribution >= 0.6 is 0 Å².